The summed E-state index contributed by atoms with van der Waals surface area (Å²) in [7, 11) is 0. The zero-order chi connectivity index (χ0) is 26.2. The van der Waals surface area contributed by atoms with Crippen LogP contribution in [0.3, 0.4) is 0 Å². The number of nitrogens with zero attached hydrogens (tertiary/aromatic N) is 2. The lowest BCUT2D eigenvalue weighted by molar-refractivity contribution is -0.131. The van der Waals surface area contributed by atoms with Crippen molar-refractivity contribution in [3.8, 4) is 0 Å². The van der Waals surface area contributed by atoms with Crippen molar-refractivity contribution in [2.45, 2.75) is 47.5 Å². The van der Waals surface area contributed by atoms with Gasteiger partial charge in [-0.25, -0.2) is 4.79 Å². The van der Waals surface area contributed by atoms with Crippen LogP contribution in [-0.4, -0.2) is 37.3 Å². The molecule has 36 heavy (non-hydrogen) atoms. The van der Waals surface area contributed by atoms with E-state index in [0.29, 0.717) is 0 Å². The average Bonchev–Trinajstić information content (AvgIpc) is 2.87. The van der Waals surface area contributed by atoms with Crippen molar-refractivity contribution in [1.29, 1.82) is 0 Å². The third-order valence-electron chi connectivity index (χ3n) is 7.07. The van der Waals surface area contributed by atoms with E-state index in [0.717, 1.165) is 31.7 Å². The van der Waals surface area contributed by atoms with Crippen molar-refractivity contribution in [2.75, 3.05) is 36.0 Å². The quantitative estimate of drug-likeness (QED) is 0.229. The standard InChI is InChI=1S/C32H40N2O2/c1-7-33(8-2)27-16-18-29(23(5)21-27)32(26-14-11-25(12-15-26)13-20-31(35)36)30-19-17-28(22-24(30)6)34(9-3)10-4/h11-22,32H,7-10H2,1-6H3,(H,35,36)/b20-13+. The third-order valence-corrected chi connectivity index (χ3v) is 7.07. The van der Waals surface area contributed by atoms with Gasteiger partial charge in [0, 0.05) is 49.5 Å². The third kappa shape index (κ3) is 6.17. The molecule has 1 N–H and O–H groups in total. The molecule has 190 valence electrons. The molecule has 4 nitrogen and oxygen atoms in total. The average molecular weight is 485 g/mol. The van der Waals surface area contributed by atoms with Gasteiger partial charge in [-0.05, 0) is 105 Å². The van der Waals surface area contributed by atoms with E-state index >= 15 is 0 Å². The van der Waals surface area contributed by atoms with Crippen molar-refractivity contribution in [3.05, 3.63) is 100 Å². The molecule has 3 rings (SSSR count). The molecule has 0 fully saturated rings. The fraction of sp³-hybridized carbons (Fsp3) is 0.344. The van der Waals surface area contributed by atoms with Crippen molar-refractivity contribution in [1.82, 2.24) is 0 Å². The van der Waals surface area contributed by atoms with E-state index in [2.05, 4.69) is 99.9 Å². The number of carboxylic acid groups (broad SMARTS) is 1. The Morgan fingerprint density at radius 3 is 1.56 bits per heavy atom. The molecule has 0 saturated carbocycles. The summed E-state index contributed by atoms with van der Waals surface area (Å²) < 4.78 is 0. The van der Waals surface area contributed by atoms with E-state index < -0.39 is 5.97 Å². The summed E-state index contributed by atoms with van der Waals surface area (Å²) in [5.41, 5.74) is 9.70. The highest BCUT2D eigenvalue weighted by Crippen LogP contribution is 2.38. The van der Waals surface area contributed by atoms with Crippen molar-refractivity contribution in [2.24, 2.45) is 0 Å². The summed E-state index contributed by atoms with van der Waals surface area (Å²) >= 11 is 0. The zero-order valence-corrected chi connectivity index (χ0v) is 22.6. The van der Waals surface area contributed by atoms with Gasteiger partial charge in [0.1, 0.15) is 0 Å². The Labute approximate surface area is 216 Å². The topological polar surface area (TPSA) is 43.8 Å². The van der Waals surface area contributed by atoms with Gasteiger partial charge in [-0.2, -0.15) is 0 Å². The van der Waals surface area contributed by atoms with Gasteiger partial charge in [0.05, 0.1) is 0 Å². The molecular formula is C32H40N2O2. The molecule has 0 aliphatic carbocycles. The van der Waals surface area contributed by atoms with Gasteiger partial charge in [0.25, 0.3) is 0 Å². The first-order valence-corrected chi connectivity index (χ1v) is 13.0. The zero-order valence-electron chi connectivity index (χ0n) is 22.6. The molecule has 3 aromatic carbocycles. The molecule has 0 saturated heterocycles. The van der Waals surface area contributed by atoms with Gasteiger partial charge in [0.15, 0.2) is 0 Å². The molecule has 0 spiro atoms. The van der Waals surface area contributed by atoms with E-state index in [-0.39, 0.29) is 5.92 Å². The van der Waals surface area contributed by atoms with Crippen molar-refractivity contribution in [3.63, 3.8) is 0 Å². The maximum Gasteiger partial charge on any atom is 0.328 e. The maximum atomic E-state index is 10.9. The predicted molar refractivity (Wildman–Crippen MR) is 154 cm³/mol. The Bertz CT molecular complexity index is 1130. The van der Waals surface area contributed by atoms with Crippen molar-refractivity contribution < 1.29 is 9.90 Å². The molecule has 0 unspecified atom stereocenters. The minimum absolute atomic E-state index is 0.0824. The van der Waals surface area contributed by atoms with Gasteiger partial charge >= 0.3 is 5.97 Å². The van der Waals surface area contributed by atoms with Gasteiger partial charge in [-0.3, -0.25) is 0 Å². The van der Waals surface area contributed by atoms with Crippen LogP contribution in [0.1, 0.15) is 67.0 Å². The second kappa shape index (κ2) is 12.4. The number of anilines is 2. The Balaban J connectivity index is 2.13. The van der Waals surface area contributed by atoms with Crippen LogP contribution in [0.15, 0.2) is 66.7 Å². The molecule has 0 heterocycles. The molecule has 0 atom stereocenters. The molecule has 0 aromatic heterocycles. The highest BCUT2D eigenvalue weighted by atomic mass is 16.4. The normalized spacial score (nSPS) is 11.3. The molecule has 0 aliphatic rings. The number of benzene rings is 3. The number of aliphatic carboxylic acids is 1. The summed E-state index contributed by atoms with van der Waals surface area (Å²) in [5, 5.41) is 8.98. The fourth-order valence-corrected chi connectivity index (χ4v) is 5.03. The van der Waals surface area contributed by atoms with Crippen LogP contribution in [0, 0.1) is 13.8 Å². The first-order chi connectivity index (χ1) is 17.3. The van der Waals surface area contributed by atoms with Gasteiger partial charge in [-0.15, -0.1) is 0 Å². The lowest BCUT2D eigenvalue weighted by Gasteiger charge is -2.27. The Morgan fingerprint density at radius 2 is 1.19 bits per heavy atom. The van der Waals surface area contributed by atoms with Crippen molar-refractivity contribution >= 4 is 23.4 Å². The van der Waals surface area contributed by atoms with Crippen LogP contribution in [0.2, 0.25) is 0 Å². The van der Waals surface area contributed by atoms with E-state index in [4.69, 9.17) is 5.11 Å². The first kappa shape index (κ1) is 27.1. The molecule has 3 aromatic rings. The van der Waals surface area contributed by atoms with Crippen LogP contribution < -0.4 is 9.80 Å². The van der Waals surface area contributed by atoms with Crippen LogP contribution >= 0.6 is 0 Å². The number of carboxylic acids is 1. The SMILES string of the molecule is CCN(CC)c1ccc(C(c2ccc(/C=C/C(=O)O)cc2)c2ccc(N(CC)CC)cc2C)c(C)c1. The summed E-state index contributed by atoms with van der Waals surface area (Å²) in [4.78, 5) is 15.7. The summed E-state index contributed by atoms with van der Waals surface area (Å²) in [6.07, 6.45) is 2.81. The summed E-state index contributed by atoms with van der Waals surface area (Å²) in [6.45, 7) is 17.1. The van der Waals surface area contributed by atoms with Gasteiger partial charge < -0.3 is 14.9 Å². The van der Waals surface area contributed by atoms with E-state index in [9.17, 15) is 4.79 Å². The monoisotopic (exact) mass is 484 g/mol. The summed E-state index contributed by atoms with van der Waals surface area (Å²) in [6, 6.07) is 21.9. The van der Waals surface area contributed by atoms with Gasteiger partial charge in [0.2, 0.25) is 0 Å². The largest absolute Gasteiger partial charge is 0.478 e. The van der Waals surface area contributed by atoms with Gasteiger partial charge in [-0.1, -0.05) is 36.4 Å². The molecule has 0 aliphatic heterocycles. The number of carbonyl (C=O) groups is 1. The molecule has 0 amide bonds. The molecular weight excluding hydrogens is 444 g/mol. The number of hydrogen-bond donors (Lipinski definition) is 1. The highest BCUT2D eigenvalue weighted by molar-refractivity contribution is 5.85. The Kier molecular flexibility index (Phi) is 9.35. The lowest BCUT2D eigenvalue weighted by Crippen LogP contribution is -2.22. The number of rotatable bonds is 11. The predicted octanol–water partition coefficient (Wildman–Crippen LogP) is 7.27. The molecule has 0 bridgehead atoms. The summed E-state index contributed by atoms with van der Waals surface area (Å²) in [5.74, 6) is -0.858. The minimum Gasteiger partial charge on any atom is -0.478 e. The number of hydrogen-bond acceptors (Lipinski definition) is 3. The fourth-order valence-electron chi connectivity index (χ4n) is 5.03. The van der Waals surface area contributed by atoms with Crippen LogP contribution in [-0.2, 0) is 4.79 Å². The van der Waals surface area contributed by atoms with Crippen LogP contribution in [0.5, 0.6) is 0 Å². The molecule has 4 heteroatoms. The second-order valence-electron chi connectivity index (χ2n) is 9.20. The van der Waals surface area contributed by atoms with E-state index in [1.165, 1.54) is 45.3 Å². The molecule has 0 radical (unpaired) electrons. The Morgan fingerprint density at radius 1 is 0.750 bits per heavy atom. The smallest absolute Gasteiger partial charge is 0.328 e. The lowest BCUT2D eigenvalue weighted by atomic mass is 9.80. The second-order valence-corrected chi connectivity index (χ2v) is 9.20. The number of aryl methyl sites for hydroxylation is 2. The first-order valence-electron chi connectivity index (χ1n) is 13.0. The Hall–Kier alpha value is -3.53. The van der Waals surface area contributed by atoms with E-state index in [1.54, 1.807) is 6.08 Å². The van der Waals surface area contributed by atoms with Crippen LogP contribution in [0.4, 0.5) is 11.4 Å². The van der Waals surface area contributed by atoms with E-state index in [1.807, 2.05) is 12.1 Å². The van der Waals surface area contributed by atoms with Crippen LogP contribution in [0.25, 0.3) is 6.08 Å². The maximum absolute atomic E-state index is 10.9. The highest BCUT2D eigenvalue weighted by Gasteiger charge is 2.22. The minimum atomic E-state index is -0.940.